The number of sulfonamides is 1. The van der Waals surface area contributed by atoms with Gasteiger partial charge in [0.15, 0.2) is 11.5 Å². The number of ether oxygens (including phenoxy) is 2. The van der Waals surface area contributed by atoms with Crippen LogP contribution in [0, 0.1) is 0 Å². The van der Waals surface area contributed by atoms with Crippen LogP contribution in [0.2, 0.25) is 0 Å². The second-order valence-corrected chi connectivity index (χ2v) is 13.3. The van der Waals surface area contributed by atoms with Crippen molar-refractivity contribution in [2.24, 2.45) is 0 Å². The summed E-state index contributed by atoms with van der Waals surface area (Å²) < 4.78 is 41.1. The number of amides is 2. The number of nitrogens with one attached hydrogen (secondary N) is 1. The van der Waals surface area contributed by atoms with Crippen LogP contribution in [0.4, 0.5) is 5.69 Å². The zero-order valence-corrected chi connectivity index (χ0v) is 28.5. The summed E-state index contributed by atoms with van der Waals surface area (Å²) >= 11 is 3.50. The predicted molar refractivity (Wildman–Crippen MR) is 182 cm³/mol. The molecule has 4 aromatic rings. The van der Waals surface area contributed by atoms with Crippen molar-refractivity contribution in [3.05, 3.63) is 119 Å². The molecule has 9 nitrogen and oxygen atoms in total. The number of benzene rings is 4. The third-order valence-electron chi connectivity index (χ3n) is 7.33. The van der Waals surface area contributed by atoms with E-state index in [0.717, 1.165) is 19.9 Å². The van der Waals surface area contributed by atoms with Gasteiger partial charge in [-0.3, -0.25) is 13.9 Å². The van der Waals surface area contributed by atoms with Gasteiger partial charge in [-0.05, 0) is 53.9 Å². The minimum atomic E-state index is -4.30. The molecule has 0 aliphatic heterocycles. The Balaban J connectivity index is 1.80. The largest absolute Gasteiger partial charge is 0.493 e. The van der Waals surface area contributed by atoms with Crippen LogP contribution >= 0.6 is 15.9 Å². The molecule has 2 amide bonds. The summed E-state index contributed by atoms with van der Waals surface area (Å²) in [5, 5.41) is 2.95. The molecule has 11 heteroatoms. The fourth-order valence-electron chi connectivity index (χ4n) is 4.98. The normalized spacial score (nSPS) is 11.7. The number of methoxy groups -OCH3 is 2. The average Bonchev–Trinajstić information content (AvgIpc) is 3.07. The Morgan fingerprint density at radius 2 is 1.48 bits per heavy atom. The second kappa shape index (κ2) is 16.3. The van der Waals surface area contributed by atoms with Crippen LogP contribution in [0.1, 0.15) is 24.5 Å². The van der Waals surface area contributed by atoms with Crippen molar-refractivity contribution < 1.29 is 27.5 Å². The Hall–Kier alpha value is -4.35. The van der Waals surface area contributed by atoms with Crippen molar-refractivity contribution in [1.29, 1.82) is 0 Å². The predicted octanol–water partition coefficient (Wildman–Crippen LogP) is 5.83. The Morgan fingerprint density at radius 1 is 0.826 bits per heavy atom. The number of halogens is 1. The van der Waals surface area contributed by atoms with E-state index in [1.165, 1.54) is 37.3 Å². The summed E-state index contributed by atoms with van der Waals surface area (Å²) in [6.45, 7) is 1.91. The first-order valence-corrected chi connectivity index (χ1v) is 17.1. The molecule has 0 aliphatic carbocycles. The number of nitrogens with zero attached hydrogens (tertiary/aromatic N) is 2. The molecule has 46 heavy (non-hydrogen) atoms. The molecule has 0 aliphatic rings. The molecule has 4 rings (SSSR count). The molecule has 0 radical (unpaired) electrons. The SMILES string of the molecule is CCCNC(=O)[C@@H](Cc1ccccc1)N(Cc1cccc(Br)c1)C(=O)CN(c1ccccc1)S(=O)(=O)c1ccc(OC)c(OC)c1. The highest BCUT2D eigenvalue weighted by atomic mass is 79.9. The van der Waals surface area contributed by atoms with Gasteiger partial charge in [-0.15, -0.1) is 0 Å². The smallest absolute Gasteiger partial charge is 0.264 e. The number of rotatable bonds is 15. The minimum absolute atomic E-state index is 0.0777. The van der Waals surface area contributed by atoms with Crippen LogP contribution in [0.15, 0.2) is 112 Å². The molecule has 242 valence electrons. The third kappa shape index (κ3) is 8.67. The van der Waals surface area contributed by atoms with Crippen LogP contribution in [0.3, 0.4) is 0 Å². The van der Waals surface area contributed by atoms with Crippen LogP contribution in [-0.2, 0) is 32.6 Å². The van der Waals surface area contributed by atoms with Gasteiger partial charge in [-0.2, -0.15) is 0 Å². The Labute approximate surface area is 279 Å². The van der Waals surface area contributed by atoms with Gasteiger partial charge in [-0.1, -0.05) is 83.5 Å². The van der Waals surface area contributed by atoms with Gasteiger partial charge < -0.3 is 19.7 Å². The molecule has 0 saturated carbocycles. The molecule has 0 bridgehead atoms. The molecule has 1 atom stereocenters. The van der Waals surface area contributed by atoms with E-state index >= 15 is 0 Å². The van der Waals surface area contributed by atoms with Gasteiger partial charge in [0.25, 0.3) is 10.0 Å². The molecule has 0 unspecified atom stereocenters. The second-order valence-electron chi connectivity index (χ2n) is 10.5. The zero-order valence-electron chi connectivity index (χ0n) is 26.1. The summed E-state index contributed by atoms with van der Waals surface area (Å²) in [5.41, 5.74) is 1.94. The van der Waals surface area contributed by atoms with E-state index in [1.54, 1.807) is 30.3 Å². The third-order valence-corrected chi connectivity index (χ3v) is 9.59. The van der Waals surface area contributed by atoms with E-state index in [1.807, 2.05) is 61.5 Å². The quantitative estimate of drug-likeness (QED) is 0.167. The molecular weight excluding hydrogens is 670 g/mol. The maximum Gasteiger partial charge on any atom is 0.264 e. The topological polar surface area (TPSA) is 105 Å². The lowest BCUT2D eigenvalue weighted by atomic mass is 10.0. The molecule has 0 heterocycles. The Morgan fingerprint density at radius 3 is 2.11 bits per heavy atom. The van der Waals surface area contributed by atoms with Crippen molar-refractivity contribution in [1.82, 2.24) is 10.2 Å². The number of hydrogen-bond acceptors (Lipinski definition) is 6. The maximum atomic E-state index is 14.5. The van der Waals surface area contributed by atoms with Gasteiger partial charge in [0.1, 0.15) is 12.6 Å². The first-order valence-electron chi connectivity index (χ1n) is 14.8. The number of anilines is 1. The summed E-state index contributed by atoms with van der Waals surface area (Å²) in [6.07, 6.45) is 0.957. The van der Waals surface area contributed by atoms with Crippen LogP contribution in [0.5, 0.6) is 11.5 Å². The number of carbonyl (C=O) groups is 2. The van der Waals surface area contributed by atoms with Crippen LogP contribution < -0.4 is 19.1 Å². The van der Waals surface area contributed by atoms with E-state index in [-0.39, 0.29) is 29.5 Å². The number of para-hydroxylation sites is 1. The summed E-state index contributed by atoms with van der Waals surface area (Å²) in [4.78, 5) is 29.6. The summed E-state index contributed by atoms with van der Waals surface area (Å²) in [5.74, 6) is -0.260. The van der Waals surface area contributed by atoms with Crippen molar-refractivity contribution in [3.63, 3.8) is 0 Å². The highest BCUT2D eigenvalue weighted by molar-refractivity contribution is 9.10. The summed E-state index contributed by atoms with van der Waals surface area (Å²) in [6, 6.07) is 28.7. The van der Waals surface area contributed by atoms with E-state index in [9.17, 15) is 18.0 Å². The highest BCUT2D eigenvalue weighted by Crippen LogP contribution is 2.32. The molecule has 0 fully saturated rings. The molecule has 1 N–H and O–H groups in total. The standard InChI is InChI=1S/C35H38BrN3O6S/c1-4-20-37-35(41)31(22-26-12-7-5-8-13-26)38(24-27-14-11-15-28(36)21-27)34(40)25-39(29-16-9-6-10-17-29)46(42,43)30-18-19-32(44-2)33(23-30)45-3/h5-19,21,23,31H,4,20,22,24-25H2,1-3H3,(H,37,41)/t31-/m1/s1. The highest BCUT2D eigenvalue weighted by Gasteiger charge is 2.35. The van der Waals surface area contributed by atoms with E-state index in [4.69, 9.17) is 9.47 Å². The number of hydrogen-bond donors (Lipinski definition) is 1. The lowest BCUT2D eigenvalue weighted by molar-refractivity contribution is -0.140. The van der Waals surface area contributed by atoms with Gasteiger partial charge in [-0.25, -0.2) is 8.42 Å². The summed E-state index contributed by atoms with van der Waals surface area (Å²) in [7, 11) is -1.42. The fourth-order valence-corrected chi connectivity index (χ4v) is 6.86. The van der Waals surface area contributed by atoms with E-state index in [0.29, 0.717) is 24.4 Å². The molecule has 4 aromatic carbocycles. The molecule has 0 spiro atoms. The van der Waals surface area contributed by atoms with Crippen molar-refractivity contribution in [3.8, 4) is 11.5 Å². The van der Waals surface area contributed by atoms with Crippen LogP contribution in [0.25, 0.3) is 0 Å². The molecule has 0 saturated heterocycles. The van der Waals surface area contributed by atoms with Crippen molar-refractivity contribution in [2.45, 2.75) is 37.2 Å². The van der Waals surface area contributed by atoms with Gasteiger partial charge >= 0.3 is 0 Å². The first kappa shape index (κ1) is 34.5. The monoisotopic (exact) mass is 707 g/mol. The lowest BCUT2D eigenvalue weighted by Gasteiger charge is -2.34. The molecule has 0 aromatic heterocycles. The van der Waals surface area contributed by atoms with Crippen molar-refractivity contribution in [2.75, 3.05) is 31.6 Å². The molecular formula is C35H38BrN3O6S. The van der Waals surface area contributed by atoms with Crippen molar-refractivity contribution >= 4 is 43.5 Å². The van der Waals surface area contributed by atoms with Gasteiger partial charge in [0.2, 0.25) is 11.8 Å². The maximum absolute atomic E-state index is 14.5. The average molecular weight is 709 g/mol. The Kier molecular flexibility index (Phi) is 12.2. The van der Waals surface area contributed by atoms with E-state index in [2.05, 4.69) is 21.2 Å². The fraction of sp³-hybridized carbons (Fsp3) is 0.257. The Bertz CT molecular complexity index is 1720. The minimum Gasteiger partial charge on any atom is -0.493 e. The first-order chi connectivity index (χ1) is 22.2. The lowest BCUT2D eigenvalue weighted by Crippen LogP contribution is -2.53. The van der Waals surface area contributed by atoms with E-state index < -0.39 is 28.5 Å². The number of carbonyl (C=O) groups excluding carboxylic acids is 2. The van der Waals surface area contributed by atoms with Crippen LogP contribution in [-0.4, -0.2) is 58.5 Å². The van der Waals surface area contributed by atoms with Gasteiger partial charge in [0.05, 0.1) is 24.8 Å². The van der Waals surface area contributed by atoms with Gasteiger partial charge in [0, 0.05) is 30.0 Å². The zero-order chi connectivity index (χ0) is 33.1.